The van der Waals surface area contributed by atoms with Crippen molar-refractivity contribution in [2.45, 2.75) is 17.8 Å². The zero-order valence-electron chi connectivity index (χ0n) is 14.9. The van der Waals surface area contributed by atoms with Crippen LogP contribution in [0.2, 0.25) is 0 Å². The minimum absolute atomic E-state index is 0.0308. The number of carbonyl (C=O) groups is 1. The van der Waals surface area contributed by atoms with E-state index in [1.54, 1.807) is 0 Å². The molecule has 150 valence electrons. The highest BCUT2D eigenvalue weighted by atomic mass is 32.2. The third-order valence-electron chi connectivity index (χ3n) is 3.77. The maximum atomic E-state index is 12.7. The van der Waals surface area contributed by atoms with Crippen LogP contribution < -0.4 is 10.9 Å². The Morgan fingerprint density at radius 3 is 2.52 bits per heavy atom. The lowest BCUT2D eigenvalue weighted by molar-refractivity contribution is -0.137. The molecule has 1 amide bonds. The van der Waals surface area contributed by atoms with E-state index in [0.29, 0.717) is 6.42 Å². The maximum Gasteiger partial charge on any atom is 0.416 e. The molecule has 6 nitrogen and oxygen atoms in total. The van der Waals surface area contributed by atoms with Crippen molar-refractivity contribution in [1.82, 2.24) is 15.2 Å². The zero-order valence-corrected chi connectivity index (χ0v) is 15.7. The van der Waals surface area contributed by atoms with Crippen LogP contribution in [0, 0.1) is 0 Å². The van der Waals surface area contributed by atoms with E-state index < -0.39 is 23.2 Å². The number of aromatic nitrogens is 3. The minimum Gasteiger partial charge on any atom is -0.325 e. The van der Waals surface area contributed by atoms with Gasteiger partial charge in [-0.25, -0.2) is 0 Å². The van der Waals surface area contributed by atoms with Gasteiger partial charge in [0.05, 0.1) is 11.3 Å². The molecule has 0 aliphatic rings. The van der Waals surface area contributed by atoms with E-state index in [1.165, 1.54) is 12.1 Å². The lowest BCUT2D eigenvalue weighted by atomic mass is 10.1. The average molecular weight is 420 g/mol. The number of hydrogen-bond acceptors (Lipinski definition) is 5. The predicted molar refractivity (Wildman–Crippen MR) is 103 cm³/mol. The molecule has 0 aliphatic heterocycles. The molecule has 0 saturated heterocycles. The second-order valence-electron chi connectivity index (χ2n) is 5.98. The van der Waals surface area contributed by atoms with E-state index in [0.717, 1.165) is 29.5 Å². The van der Waals surface area contributed by atoms with Crippen LogP contribution in [0.1, 0.15) is 16.8 Å². The zero-order chi connectivity index (χ0) is 20.9. The number of hydrogen-bond donors (Lipinski definition) is 2. The van der Waals surface area contributed by atoms with Gasteiger partial charge in [-0.1, -0.05) is 48.2 Å². The number of aromatic amines is 1. The molecule has 29 heavy (non-hydrogen) atoms. The van der Waals surface area contributed by atoms with Gasteiger partial charge in [-0.15, -0.1) is 10.2 Å². The molecule has 3 rings (SSSR count). The van der Waals surface area contributed by atoms with Gasteiger partial charge in [0.25, 0.3) is 5.56 Å². The minimum atomic E-state index is -4.49. The number of halogens is 3. The van der Waals surface area contributed by atoms with Gasteiger partial charge in [-0.05, 0) is 23.8 Å². The van der Waals surface area contributed by atoms with Crippen molar-refractivity contribution in [2.75, 3.05) is 11.1 Å². The van der Waals surface area contributed by atoms with Crippen LogP contribution in [-0.2, 0) is 17.4 Å². The number of amides is 1. The summed E-state index contributed by atoms with van der Waals surface area (Å²) in [6.07, 6.45) is -4.17. The highest BCUT2D eigenvalue weighted by Gasteiger charge is 2.30. The normalized spacial score (nSPS) is 11.3. The number of H-pyrrole nitrogens is 1. The van der Waals surface area contributed by atoms with E-state index in [1.807, 2.05) is 30.3 Å². The summed E-state index contributed by atoms with van der Waals surface area (Å²) < 4.78 is 38.2. The molecule has 0 atom stereocenters. The number of alkyl halides is 3. The van der Waals surface area contributed by atoms with Crippen molar-refractivity contribution in [3.05, 3.63) is 81.8 Å². The molecule has 2 aromatic carbocycles. The largest absolute Gasteiger partial charge is 0.416 e. The summed E-state index contributed by atoms with van der Waals surface area (Å²) >= 11 is 0.923. The second kappa shape index (κ2) is 8.91. The van der Waals surface area contributed by atoms with Crippen molar-refractivity contribution in [2.24, 2.45) is 0 Å². The molecule has 0 radical (unpaired) electrons. The van der Waals surface area contributed by atoms with Gasteiger partial charge >= 0.3 is 6.18 Å². The van der Waals surface area contributed by atoms with Crippen LogP contribution in [0.5, 0.6) is 0 Å². The first-order chi connectivity index (χ1) is 13.8. The highest BCUT2D eigenvalue weighted by Crippen LogP contribution is 2.30. The van der Waals surface area contributed by atoms with E-state index in [2.05, 4.69) is 20.5 Å². The summed E-state index contributed by atoms with van der Waals surface area (Å²) in [6, 6.07) is 13.6. The molecule has 1 heterocycles. The number of rotatable bonds is 6. The third kappa shape index (κ3) is 5.92. The van der Waals surface area contributed by atoms with E-state index in [9.17, 15) is 22.8 Å². The van der Waals surface area contributed by atoms with Crippen LogP contribution >= 0.6 is 11.8 Å². The Labute approximate surface area is 167 Å². The molecular formula is C19H15F3N4O2S. The summed E-state index contributed by atoms with van der Waals surface area (Å²) in [5.41, 5.74) is -0.0814. The summed E-state index contributed by atoms with van der Waals surface area (Å²) in [5, 5.41) is 10.3. The first-order valence-corrected chi connectivity index (χ1v) is 9.39. The standard InChI is InChI=1S/C19H15F3N4O2S/c20-19(21,22)13-7-4-8-14(10-13)23-16(27)11-29-18-24-17(28)15(25-26-18)9-12-5-2-1-3-6-12/h1-8,10H,9,11H2,(H,23,27)(H,24,26,28). The Kier molecular flexibility index (Phi) is 6.32. The smallest absolute Gasteiger partial charge is 0.325 e. The number of benzene rings is 2. The predicted octanol–water partition coefficient (Wildman–Crippen LogP) is 3.51. The van der Waals surface area contributed by atoms with Crippen LogP contribution in [0.15, 0.2) is 64.5 Å². The molecule has 0 spiro atoms. The number of nitrogens with zero attached hydrogens (tertiary/aromatic N) is 2. The maximum absolute atomic E-state index is 12.7. The van der Waals surface area contributed by atoms with E-state index in [4.69, 9.17) is 0 Å². The Hall–Kier alpha value is -3.14. The summed E-state index contributed by atoms with van der Waals surface area (Å²) in [4.78, 5) is 26.7. The van der Waals surface area contributed by atoms with Gasteiger partial charge in [-0.3, -0.25) is 14.6 Å². The fourth-order valence-electron chi connectivity index (χ4n) is 2.42. The lowest BCUT2D eigenvalue weighted by Crippen LogP contribution is -2.19. The van der Waals surface area contributed by atoms with Crippen LogP contribution in [0.3, 0.4) is 0 Å². The van der Waals surface area contributed by atoms with E-state index in [-0.39, 0.29) is 22.3 Å². The van der Waals surface area contributed by atoms with Gasteiger partial charge < -0.3 is 5.32 Å². The molecule has 0 saturated carbocycles. The molecule has 0 unspecified atom stereocenters. The topological polar surface area (TPSA) is 87.7 Å². The van der Waals surface area contributed by atoms with Crippen molar-refractivity contribution in [3.63, 3.8) is 0 Å². The van der Waals surface area contributed by atoms with Gasteiger partial charge in [0.1, 0.15) is 5.69 Å². The number of thioether (sulfide) groups is 1. The molecule has 0 fully saturated rings. The molecule has 0 bridgehead atoms. The second-order valence-corrected chi connectivity index (χ2v) is 6.95. The number of carbonyl (C=O) groups excluding carboxylic acids is 1. The molecule has 1 aromatic heterocycles. The third-order valence-corrected chi connectivity index (χ3v) is 4.64. The monoisotopic (exact) mass is 420 g/mol. The number of nitrogens with one attached hydrogen (secondary N) is 2. The summed E-state index contributed by atoms with van der Waals surface area (Å²) in [5.74, 6) is -0.691. The van der Waals surface area contributed by atoms with E-state index >= 15 is 0 Å². The van der Waals surface area contributed by atoms with Gasteiger partial charge in [0.15, 0.2) is 5.16 Å². The van der Waals surface area contributed by atoms with Crippen molar-refractivity contribution in [3.8, 4) is 0 Å². The van der Waals surface area contributed by atoms with Crippen LogP contribution in [0.25, 0.3) is 0 Å². The summed E-state index contributed by atoms with van der Waals surface area (Å²) in [7, 11) is 0. The average Bonchev–Trinajstić information content (AvgIpc) is 2.69. The first kappa shape index (κ1) is 20.6. The van der Waals surface area contributed by atoms with Gasteiger partial charge in [0, 0.05) is 12.1 Å². The molecule has 10 heteroatoms. The quantitative estimate of drug-likeness (QED) is 0.596. The van der Waals surface area contributed by atoms with Crippen molar-refractivity contribution < 1.29 is 18.0 Å². The molecule has 3 aromatic rings. The van der Waals surface area contributed by atoms with Crippen molar-refractivity contribution >= 4 is 23.4 Å². The van der Waals surface area contributed by atoms with Gasteiger partial charge in [-0.2, -0.15) is 13.2 Å². The van der Waals surface area contributed by atoms with Crippen LogP contribution in [0.4, 0.5) is 18.9 Å². The Morgan fingerprint density at radius 1 is 1.07 bits per heavy atom. The fraction of sp³-hybridized carbons (Fsp3) is 0.158. The lowest BCUT2D eigenvalue weighted by Gasteiger charge is -2.09. The Bertz CT molecular complexity index is 1060. The highest BCUT2D eigenvalue weighted by molar-refractivity contribution is 7.99. The van der Waals surface area contributed by atoms with Crippen LogP contribution in [-0.4, -0.2) is 26.8 Å². The molecule has 2 N–H and O–H groups in total. The molecular weight excluding hydrogens is 405 g/mol. The van der Waals surface area contributed by atoms with Crippen molar-refractivity contribution in [1.29, 1.82) is 0 Å². The van der Waals surface area contributed by atoms with Gasteiger partial charge in [0.2, 0.25) is 5.91 Å². The Morgan fingerprint density at radius 2 is 1.83 bits per heavy atom. The number of anilines is 1. The SMILES string of the molecule is O=C(CSc1nnc(Cc2ccccc2)c(=O)[nH]1)Nc1cccc(C(F)(F)F)c1. The Balaban J connectivity index is 1.58. The fourth-order valence-corrected chi connectivity index (χ4v) is 3.02. The molecule has 0 aliphatic carbocycles. The first-order valence-electron chi connectivity index (χ1n) is 8.41. The summed E-state index contributed by atoms with van der Waals surface area (Å²) in [6.45, 7) is 0.